The second-order valence-electron chi connectivity index (χ2n) is 3.77. The Morgan fingerprint density at radius 2 is 1.94 bits per heavy atom. The lowest BCUT2D eigenvalue weighted by atomic mass is 10.1. The number of benzene rings is 1. The van der Waals surface area contributed by atoms with E-state index in [2.05, 4.69) is 0 Å². The number of rotatable bonds is 7. The van der Waals surface area contributed by atoms with Gasteiger partial charge in [0.05, 0.1) is 0 Å². The molecule has 0 aliphatic heterocycles. The van der Waals surface area contributed by atoms with Crippen LogP contribution in [0.2, 0.25) is 0 Å². The monoisotopic (exact) mass is 241 g/mol. The molecule has 0 saturated carbocycles. The number of unbranched alkanes of at least 4 members (excludes halogenated alkanes) is 3. The third-order valence-electron chi connectivity index (χ3n) is 2.46. The fourth-order valence-corrected chi connectivity index (χ4v) is 2.04. The second-order valence-corrected chi connectivity index (χ2v) is 4.71. The van der Waals surface area contributed by atoms with Crippen LogP contribution >= 0.6 is 0 Å². The summed E-state index contributed by atoms with van der Waals surface area (Å²) in [6, 6.07) is 7.03. The van der Waals surface area contributed by atoms with Crippen molar-refractivity contribution in [2.45, 2.75) is 37.0 Å². The Hall–Kier alpha value is -0.710. The Labute approximate surface area is 98.8 Å². The quantitative estimate of drug-likeness (QED) is 0.587. The van der Waals surface area contributed by atoms with Gasteiger partial charge in [0, 0.05) is 11.5 Å². The summed E-state index contributed by atoms with van der Waals surface area (Å²) in [6.07, 6.45) is 4.89. The minimum Gasteiger partial charge on any atom is -0.768 e. The van der Waals surface area contributed by atoms with Crippen LogP contribution in [-0.4, -0.2) is 20.5 Å². The van der Waals surface area contributed by atoms with Gasteiger partial charge in [-0.2, -0.15) is 0 Å². The van der Waals surface area contributed by atoms with Crippen LogP contribution in [0.3, 0.4) is 0 Å². The van der Waals surface area contributed by atoms with Gasteiger partial charge in [-0.15, -0.1) is 0 Å². The summed E-state index contributed by atoms with van der Waals surface area (Å²) < 4.78 is 21.5. The molecule has 1 rings (SSSR count). The molecule has 0 aliphatic carbocycles. The van der Waals surface area contributed by atoms with Crippen molar-refractivity contribution in [1.29, 1.82) is 0 Å². The Balaban J connectivity index is 2.36. The predicted molar refractivity (Wildman–Crippen MR) is 62.9 cm³/mol. The molecule has 0 spiro atoms. The molecule has 0 heterocycles. The van der Waals surface area contributed by atoms with Gasteiger partial charge in [0.25, 0.3) is 0 Å². The summed E-state index contributed by atoms with van der Waals surface area (Å²) in [5, 5.41) is 8.61. The van der Waals surface area contributed by atoms with Gasteiger partial charge in [-0.25, -0.2) is 0 Å². The van der Waals surface area contributed by atoms with Crippen LogP contribution in [0.25, 0.3) is 0 Å². The number of hydrogen-bond acceptors (Lipinski definition) is 3. The molecule has 1 unspecified atom stereocenters. The van der Waals surface area contributed by atoms with Gasteiger partial charge in [-0.3, -0.25) is 4.21 Å². The van der Waals surface area contributed by atoms with Crippen LogP contribution in [0.15, 0.2) is 29.2 Å². The summed E-state index contributed by atoms with van der Waals surface area (Å²) in [4.78, 5) is 0.354. The topological polar surface area (TPSA) is 60.4 Å². The van der Waals surface area contributed by atoms with Crippen molar-refractivity contribution in [1.82, 2.24) is 0 Å². The zero-order valence-corrected chi connectivity index (χ0v) is 10.0. The van der Waals surface area contributed by atoms with E-state index in [1.165, 1.54) is 0 Å². The van der Waals surface area contributed by atoms with Crippen LogP contribution in [0, 0.1) is 0 Å². The zero-order chi connectivity index (χ0) is 11.8. The van der Waals surface area contributed by atoms with E-state index in [1.807, 2.05) is 6.07 Å². The van der Waals surface area contributed by atoms with Gasteiger partial charge in [0.2, 0.25) is 0 Å². The Kier molecular flexibility index (Phi) is 6.30. The Morgan fingerprint density at radius 3 is 2.62 bits per heavy atom. The highest BCUT2D eigenvalue weighted by Crippen LogP contribution is 2.12. The predicted octanol–water partition coefficient (Wildman–Crippen LogP) is 2.02. The van der Waals surface area contributed by atoms with E-state index < -0.39 is 11.1 Å². The fraction of sp³-hybridized carbons (Fsp3) is 0.500. The first-order valence-electron chi connectivity index (χ1n) is 5.53. The molecule has 4 heteroatoms. The fourth-order valence-electron chi connectivity index (χ4n) is 1.60. The lowest BCUT2D eigenvalue weighted by molar-refractivity contribution is 0.282. The Morgan fingerprint density at radius 1 is 1.19 bits per heavy atom. The van der Waals surface area contributed by atoms with E-state index in [0.717, 1.165) is 37.7 Å². The molecule has 0 radical (unpaired) electrons. The van der Waals surface area contributed by atoms with Crippen LogP contribution in [-0.2, 0) is 17.5 Å². The zero-order valence-electron chi connectivity index (χ0n) is 9.22. The summed E-state index contributed by atoms with van der Waals surface area (Å²) in [5.74, 6) is 0. The molecular weight excluding hydrogens is 224 g/mol. The summed E-state index contributed by atoms with van der Waals surface area (Å²) in [6.45, 7) is 0.255. The molecule has 90 valence electrons. The molecule has 0 aromatic heterocycles. The normalized spacial score (nSPS) is 12.6. The smallest absolute Gasteiger partial charge is 0.0431 e. The first-order chi connectivity index (χ1) is 7.74. The van der Waals surface area contributed by atoms with E-state index in [1.54, 1.807) is 18.2 Å². The number of hydrogen-bond donors (Lipinski definition) is 1. The average Bonchev–Trinajstić information content (AvgIpc) is 2.29. The van der Waals surface area contributed by atoms with E-state index in [-0.39, 0.29) is 6.61 Å². The van der Waals surface area contributed by atoms with Crippen LogP contribution in [0.1, 0.15) is 31.2 Å². The van der Waals surface area contributed by atoms with Gasteiger partial charge in [0.15, 0.2) is 0 Å². The maximum Gasteiger partial charge on any atom is 0.0431 e. The van der Waals surface area contributed by atoms with Crippen LogP contribution in [0.5, 0.6) is 0 Å². The van der Waals surface area contributed by atoms with Gasteiger partial charge < -0.3 is 9.66 Å². The van der Waals surface area contributed by atoms with Crippen LogP contribution in [0.4, 0.5) is 0 Å². The molecule has 1 aromatic carbocycles. The SMILES string of the molecule is O=S([O-])c1cccc(CCCCCCO)c1. The third kappa shape index (κ3) is 4.88. The van der Waals surface area contributed by atoms with Gasteiger partial charge in [-0.1, -0.05) is 25.0 Å². The number of aryl methyl sites for hydroxylation is 1. The van der Waals surface area contributed by atoms with Crippen molar-refractivity contribution in [2.75, 3.05) is 6.61 Å². The summed E-state index contributed by atoms with van der Waals surface area (Å²) >= 11 is -2.13. The van der Waals surface area contributed by atoms with E-state index in [0.29, 0.717) is 4.90 Å². The Bertz CT molecular complexity index is 339. The molecule has 0 saturated heterocycles. The number of aliphatic hydroxyl groups is 1. The first kappa shape index (κ1) is 13.4. The lowest BCUT2D eigenvalue weighted by Crippen LogP contribution is -1.92. The van der Waals surface area contributed by atoms with Crippen molar-refractivity contribution in [2.24, 2.45) is 0 Å². The van der Waals surface area contributed by atoms with Crippen molar-refractivity contribution < 1.29 is 13.9 Å². The molecular formula is C12H17O3S-. The minimum absolute atomic E-state index is 0.255. The molecule has 1 N–H and O–H groups in total. The summed E-state index contributed by atoms with van der Waals surface area (Å²) in [7, 11) is 0. The van der Waals surface area contributed by atoms with Crippen molar-refractivity contribution in [3.8, 4) is 0 Å². The van der Waals surface area contributed by atoms with Crippen molar-refractivity contribution in [3.63, 3.8) is 0 Å². The first-order valence-corrected chi connectivity index (χ1v) is 6.60. The highest BCUT2D eigenvalue weighted by Gasteiger charge is 1.97. The highest BCUT2D eigenvalue weighted by atomic mass is 32.2. The van der Waals surface area contributed by atoms with E-state index >= 15 is 0 Å². The standard InChI is InChI=1S/C12H18O3S/c13-9-4-2-1-3-6-11-7-5-8-12(10-11)16(14)15/h5,7-8,10,13H,1-4,6,9H2,(H,14,15)/p-1. The van der Waals surface area contributed by atoms with Crippen LogP contribution < -0.4 is 0 Å². The maximum atomic E-state index is 10.7. The number of aliphatic hydroxyl groups excluding tert-OH is 1. The molecule has 1 atom stereocenters. The molecule has 1 aromatic rings. The second kappa shape index (κ2) is 7.54. The van der Waals surface area contributed by atoms with E-state index in [4.69, 9.17) is 5.11 Å². The molecule has 3 nitrogen and oxygen atoms in total. The van der Waals surface area contributed by atoms with Crippen molar-refractivity contribution >= 4 is 11.1 Å². The maximum absolute atomic E-state index is 10.7. The molecule has 0 fully saturated rings. The molecule has 0 amide bonds. The van der Waals surface area contributed by atoms with Gasteiger partial charge >= 0.3 is 0 Å². The molecule has 0 bridgehead atoms. The van der Waals surface area contributed by atoms with Gasteiger partial charge in [0.1, 0.15) is 0 Å². The molecule has 0 aliphatic rings. The van der Waals surface area contributed by atoms with Gasteiger partial charge in [-0.05, 0) is 48.0 Å². The molecule has 16 heavy (non-hydrogen) atoms. The largest absolute Gasteiger partial charge is 0.768 e. The van der Waals surface area contributed by atoms with Crippen molar-refractivity contribution in [3.05, 3.63) is 29.8 Å². The highest BCUT2D eigenvalue weighted by molar-refractivity contribution is 7.79. The lowest BCUT2D eigenvalue weighted by Gasteiger charge is -2.07. The minimum atomic E-state index is -2.13. The third-order valence-corrected chi connectivity index (χ3v) is 3.10. The summed E-state index contributed by atoms with van der Waals surface area (Å²) in [5.41, 5.74) is 1.06. The average molecular weight is 241 g/mol. The van der Waals surface area contributed by atoms with E-state index in [9.17, 15) is 8.76 Å².